The van der Waals surface area contributed by atoms with E-state index in [1.807, 2.05) is 0 Å². The topological polar surface area (TPSA) is 58.6 Å². The average Bonchev–Trinajstić information content (AvgIpc) is 2.58. The Morgan fingerprint density at radius 3 is 2.78 bits per heavy atom. The van der Waals surface area contributed by atoms with Crippen molar-refractivity contribution in [1.29, 1.82) is 0 Å². The van der Waals surface area contributed by atoms with Crippen LogP contribution < -0.4 is 5.32 Å². The van der Waals surface area contributed by atoms with Crippen molar-refractivity contribution in [1.82, 2.24) is 10.2 Å². The first-order chi connectivity index (χ1) is 11.1. The second-order valence-corrected chi connectivity index (χ2v) is 5.42. The minimum Gasteiger partial charge on any atom is -0.378 e. The zero-order valence-corrected chi connectivity index (χ0v) is 13.0. The smallest absolute Gasteiger partial charge is 0.243 e. The molecule has 2 rings (SSSR count). The number of nitrogens with one attached hydrogen (secondary N) is 1. The molecular formula is C17H21FN2O3. The fraction of sp³-hybridized carbons (Fsp3) is 0.412. The van der Waals surface area contributed by atoms with Gasteiger partial charge in [0.2, 0.25) is 11.8 Å². The highest BCUT2D eigenvalue weighted by Gasteiger charge is 2.26. The Hall–Kier alpha value is -2.21. The van der Waals surface area contributed by atoms with Gasteiger partial charge in [-0.3, -0.25) is 9.59 Å². The molecule has 124 valence electrons. The minimum absolute atomic E-state index is 0.0538. The Morgan fingerprint density at radius 2 is 2.13 bits per heavy atom. The van der Waals surface area contributed by atoms with Crippen LogP contribution in [0, 0.1) is 11.7 Å². The van der Waals surface area contributed by atoms with Crippen molar-refractivity contribution >= 4 is 11.8 Å². The first-order valence-corrected chi connectivity index (χ1v) is 7.61. The summed E-state index contributed by atoms with van der Waals surface area (Å²) in [6.45, 7) is 5.68. The van der Waals surface area contributed by atoms with Crippen LogP contribution in [0.1, 0.15) is 5.56 Å². The third-order valence-corrected chi connectivity index (χ3v) is 3.75. The number of ether oxygens (including phenoxy) is 1. The third kappa shape index (κ3) is 5.17. The fourth-order valence-electron chi connectivity index (χ4n) is 2.53. The SMILES string of the molecule is C=CC(=O)NCC(Cc1cccc(F)c1)C(=O)N1CCOCC1. The Labute approximate surface area is 135 Å². The number of halogens is 1. The van der Waals surface area contributed by atoms with E-state index in [1.165, 1.54) is 18.2 Å². The number of hydrogen-bond donors (Lipinski definition) is 1. The van der Waals surface area contributed by atoms with Crippen LogP contribution in [0.25, 0.3) is 0 Å². The second kappa shape index (κ2) is 8.43. The molecule has 0 saturated carbocycles. The van der Waals surface area contributed by atoms with Gasteiger partial charge in [-0.25, -0.2) is 4.39 Å². The van der Waals surface area contributed by atoms with E-state index < -0.39 is 5.92 Å². The van der Waals surface area contributed by atoms with Crippen molar-refractivity contribution in [3.8, 4) is 0 Å². The third-order valence-electron chi connectivity index (χ3n) is 3.75. The van der Waals surface area contributed by atoms with Gasteiger partial charge in [0.05, 0.1) is 19.1 Å². The van der Waals surface area contributed by atoms with Gasteiger partial charge in [-0.15, -0.1) is 0 Å². The molecule has 0 bridgehead atoms. The number of morpholine rings is 1. The lowest BCUT2D eigenvalue weighted by atomic mass is 9.97. The maximum Gasteiger partial charge on any atom is 0.243 e. The summed E-state index contributed by atoms with van der Waals surface area (Å²) < 4.78 is 18.6. The van der Waals surface area contributed by atoms with Crippen molar-refractivity contribution in [2.24, 2.45) is 5.92 Å². The molecule has 1 aromatic rings. The summed E-state index contributed by atoms with van der Waals surface area (Å²) in [5.41, 5.74) is 0.726. The van der Waals surface area contributed by atoms with E-state index in [1.54, 1.807) is 17.0 Å². The Kier molecular flexibility index (Phi) is 6.29. The van der Waals surface area contributed by atoms with E-state index in [2.05, 4.69) is 11.9 Å². The van der Waals surface area contributed by atoms with E-state index in [0.717, 1.165) is 5.56 Å². The van der Waals surface area contributed by atoms with Crippen LogP contribution in [-0.2, 0) is 20.7 Å². The fourth-order valence-corrected chi connectivity index (χ4v) is 2.53. The molecular weight excluding hydrogens is 299 g/mol. The summed E-state index contributed by atoms with van der Waals surface area (Å²) >= 11 is 0. The van der Waals surface area contributed by atoms with Gasteiger partial charge in [-0.05, 0) is 30.2 Å². The molecule has 1 heterocycles. The summed E-state index contributed by atoms with van der Waals surface area (Å²) in [5, 5.41) is 2.66. The number of benzene rings is 1. The van der Waals surface area contributed by atoms with Crippen LogP contribution >= 0.6 is 0 Å². The molecule has 0 spiro atoms. The number of carbonyl (C=O) groups is 2. The number of hydrogen-bond acceptors (Lipinski definition) is 3. The second-order valence-electron chi connectivity index (χ2n) is 5.42. The predicted octanol–water partition coefficient (Wildman–Crippen LogP) is 1.15. The van der Waals surface area contributed by atoms with Gasteiger partial charge in [-0.2, -0.15) is 0 Å². The van der Waals surface area contributed by atoms with Gasteiger partial charge in [0.1, 0.15) is 5.82 Å². The molecule has 0 radical (unpaired) electrons. The molecule has 1 aromatic carbocycles. The van der Waals surface area contributed by atoms with Gasteiger partial charge in [0.15, 0.2) is 0 Å². The molecule has 1 fully saturated rings. The highest BCUT2D eigenvalue weighted by molar-refractivity contribution is 5.87. The summed E-state index contributed by atoms with van der Waals surface area (Å²) in [5.74, 6) is -1.17. The van der Waals surface area contributed by atoms with E-state index in [-0.39, 0.29) is 24.2 Å². The molecule has 23 heavy (non-hydrogen) atoms. The van der Waals surface area contributed by atoms with Crippen molar-refractivity contribution in [2.45, 2.75) is 6.42 Å². The molecule has 1 aliphatic rings. The van der Waals surface area contributed by atoms with Gasteiger partial charge < -0.3 is 15.0 Å². The summed E-state index contributed by atoms with van der Waals surface area (Å²) in [4.78, 5) is 25.8. The molecule has 0 aliphatic carbocycles. The minimum atomic E-state index is -0.446. The standard InChI is InChI=1S/C17H21FN2O3/c1-2-16(21)19-12-14(10-13-4-3-5-15(18)11-13)17(22)20-6-8-23-9-7-20/h2-5,11,14H,1,6-10,12H2,(H,19,21). The molecule has 1 atom stereocenters. The highest BCUT2D eigenvalue weighted by Crippen LogP contribution is 2.14. The van der Waals surface area contributed by atoms with Gasteiger partial charge >= 0.3 is 0 Å². The number of nitrogens with zero attached hydrogens (tertiary/aromatic N) is 1. The summed E-state index contributed by atoms with van der Waals surface area (Å²) in [6.07, 6.45) is 1.53. The largest absolute Gasteiger partial charge is 0.378 e. The first kappa shape index (κ1) is 17.1. The molecule has 1 N–H and O–H groups in total. The lowest BCUT2D eigenvalue weighted by molar-refractivity contribution is -0.139. The maximum atomic E-state index is 13.3. The Bertz CT molecular complexity index is 571. The number of rotatable bonds is 6. The van der Waals surface area contributed by atoms with Crippen LogP contribution in [0.5, 0.6) is 0 Å². The lowest BCUT2D eigenvalue weighted by Crippen LogP contribution is -2.47. The van der Waals surface area contributed by atoms with Gasteiger partial charge in [0, 0.05) is 19.6 Å². The van der Waals surface area contributed by atoms with E-state index in [9.17, 15) is 14.0 Å². The average molecular weight is 320 g/mol. The number of carbonyl (C=O) groups excluding carboxylic acids is 2. The van der Waals surface area contributed by atoms with E-state index >= 15 is 0 Å². The van der Waals surface area contributed by atoms with Crippen molar-refractivity contribution in [3.63, 3.8) is 0 Å². The van der Waals surface area contributed by atoms with Crippen LogP contribution in [0.3, 0.4) is 0 Å². The quantitative estimate of drug-likeness (QED) is 0.800. The van der Waals surface area contributed by atoms with Crippen molar-refractivity contribution in [3.05, 3.63) is 48.3 Å². The Morgan fingerprint density at radius 1 is 1.39 bits per heavy atom. The van der Waals surface area contributed by atoms with E-state index in [0.29, 0.717) is 32.7 Å². The first-order valence-electron chi connectivity index (χ1n) is 7.61. The van der Waals surface area contributed by atoms with Crippen LogP contribution in [0.4, 0.5) is 4.39 Å². The predicted molar refractivity (Wildman–Crippen MR) is 84.2 cm³/mol. The zero-order valence-electron chi connectivity index (χ0n) is 13.0. The molecule has 1 aliphatic heterocycles. The summed E-state index contributed by atoms with van der Waals surface area (Å²) in [6, 6.07) is 6.16. The van der Waals surface area contributed by atoms with Crippen LogP contribution in [0.15, 0.2) is 36.9 Å². The zero-order chi connectivity index (χ0) is 16.7. The molecule has 5 nitrogen and oxygen atoms in total. The van der Waals surface area contributed by atoms with Gasteiger partial charge in [0.25, 0.3) is 0 Å². The molecule has 2 amide bonds. The molecule has 1 unspecified atom stereocenters. The Balaban J connectivity index is 2.08. The molecule has 1 saturated heterocycles. The van der Waals surface area contributed by atoms with E-state index in [4.69, 9.17) is 4.74 Å². The normalized spacial score (nSPS) is 15.8. The number of amides is 2. The monoisotopic (exact) mass is 320 g/mol. The van der Waals surface area contributed by atoms with Crippen LogP contribution in [0.2, 0.25) is 0 Å². The maximum absolute atomic E-state index is 13.3. The molecule has 0 aromatic heterocycles. The van der Waals surface area contributed by atoms with Crippen LogP contribution in [-0.4, -0.2) is 49.6 Å². The van der Waals surface area contributed by atoms with Crippen molar-refractivity contribution in [2.75, 3.05) is 32.8 Å². The van der Waals surface area contributed by atoms with Crippen molar-refractivity contribution < 1.29 is 18.7 Å². The highest BCUT2D eigenvalue weighted by atomic mass is 19.1. The lowest BCUT2D eigenvalue weighted by Gasteiger charge is -2.30. The van der Waals surface area contributed by atoms with Gasteiger partial charge in [-0.1, -0.05) is 18.7 Å². The molecule has 6 heteroatoms. The summed E-state index contributed by atoms with van der Waals surface area (Å²) in [7, 11) is 0.